The predicted molar refractivity (Wildman–Crippen MR) is 80.3 cm³/mol. The summed E-state index contributed by atoms with van der Waals surface area (Å²) < 4.78 is 43.3. The molecule has 132 valence electrons. The number of halogens is 3. The Hall–Kier alpha value is -2.25. The van der Waals surface area contributed by atoms with Crippen molar-refractivity contribution in [3.05, 3.63) is 30.3 Å². The van der Waals surface area contributed by atoms with Gasteiger partial charge in [-0.25, -0.2) is 0 Å². The van der Waals surface area contributed by atoms with E-state index in [1.807, 2.05) is 23.5 Å². The summed E-state index contributed by atoms with van der Waals surface area (Å²) in [7, 11) is 1.50. The first-order valence-electron chi connectivity index (χ1n) is 7.59. The summed E-state index contributed by atoms with van der Waals surface area (Å²) in [6, 6.07) is 7.14. The Morgan fingerprint density at radius 1 is 1.29 bits per heavy atom. The van der Waals surface area contributed by atoms with Crippen LogP contribution in [0.5, 0.6) is 5.75 Å². The van der Waals surface area contributed by atoms with Crippen molar-refractivity contribution in [3.63, 3.8) is 0 Å². The summed E-state index contributed by atoms with van der Waals surface area (Å²) in [4.78, 5) is 25.3. The van der Waals surface area contributed by atoms with Gasteiger partial charge in [-0.3, -0.25) is 9.59 Å². The van der Waals surface area contributed by atoms with E-state index in [1.54, 1.807) is 12.1 Å². The summed E-state index contributed by atoms with van der Waals surface area (Å²) in [5.74, 6) is -1.79. The zero-order valence-corrected chi connectivity index (χ0v) is 13.2. The Bertz CT molecular complexity index is 578. The molecule has 0 unspecified atom stereocenters. The summed E-state index contributed by atoms with van der Waals surface area (Å²) in [5, 5.41) is 1.88. The van der Waals surface area contributed by atoms with Crippen LogP contribution in [0.1, 0.15) is 12.8 Å². The number of para-hydroxylation sites is 1. The molecule has 5 nitrogen and oxygen atoms in total. The van der Waals surface area contributed by atoms with Gasteiger partial charge in [-0.15, -0.1) is 0 Å². The zero-order valence-electron chi connectivity index (χ0n) is 13.2. The monoisotopic (exact) mass is 344 g/mol. The number of likely N-dealkylation sites (N-methyl/N-ethyl adjacent to an activating group) is 1. The highest BCUT2D eigenvalue weighted by molar-refractivity contribution is 6.00. The fourth-order valence-corrected chi connectivity index (χ4v) is 2.48. The maximum absolute atomic E-state index is 12.6. The molecule has 0 bridgehead atoms. The first-order valence-corrected chi connectivity index (χ1v) is 7.59. The molecule has 0 radical (unpaired) electrons. The number of carbonyl (C=O) groups excluding carboxylic acids is 2. The number of benzene rings is 1. The lowest BCUT2D eigenvalue weighted by molar-refractivity contribution is -0.172. The molecule has 0 aliphatic carbocycles. The average Bonchev–Trinajstić information content (AvgIpc) is 2.54. The van der Waals surface area contributed by atoms with Gasteiger partial charge in [-0.1, -0.05) is 18.2 Å². The van der Waals surface area contributed by atoms with E-state index in [2.05, 4.69) is 0 Å². The predicted octanol–water partition coefficient (Wildman–Crippen LogP) is 1.98. The standard InChI is InChI=1S/C16H19F3N2O3/c1-21(9-10-24-11-5-3-2-4-6-11)15(23)12-7-8-13(16(17,18)19)20-14(12)22/h2-6,12-13H,7-10H2,1H3,(H,20,22)/t12-,13+/m1/s1. The minimum Gasteiger partial charge on any atom is -0.492 e. The van der Waals surface area contributed by atoms with Crippen LogP contribution in [0.15, 0.2) is 30.3 Å². The Labute approximate surface area is 137 Å². The highest BCUT2D eigenvalue weighted by Crippen LogP contribution is 2.29. The van der Waals surface area contributed by atoms with Gasteiger partial charge in [-0.2, -0.15) is 13.2 Å². The number of nitrogens with zero attached hydrogens (tertiary/aromatic N) is 1. The van der Waals surface area contributed by atoms with E-state index >= 15 is 0 Å². The highest BCUT2D eigenvalue weighted by atomic mass is 19.4. The lowest BCUT2D eigenvalue weighted by atomic mass is 9.92. The van der Waals surface area contributed by atoms with Crippen molar-refractivity contribution in [1.82, 2.24) is 10.2 Å². The second-order valence-corrected chi connectivity index (χ2v) is 5.65. The Morgan fingerprint density at radius 2 is 1.96 bits per heavy atom. The number of hydrogen-bond donors (Lipinski definition) is 1. The summed E-state index contributed by atoms with van der Waals surface area (Å²) in [6.07, 6.45) is -4.89. The van der Waals surface area contributed by atoms with Crippen LogP contribution < -0.4 is 10.1 Å². The molecule has 1 aromatic carbocycles. The number of nitrogens with one attached hydrogen (secondary N) is 1. The van der Waals surface area contributed by atoms with Crippen LogP contribution in [0, 0.1) is 5.92 Å². The van der Waals surface area contributed by atoms with E-state index in [0.717, 1.165) is 0 Å². The third kappa shape index (κ3) is 4.62. The second-order valence-electron chi connectivity index (χ2n) is 5.65. The molecule has 1 aromatic rings. The summed E-state index contributed by atoms with van der Waals surface area (Å²) in [6.45, 7) is 0.464. The van der Waals surface area contributed by atoms with Crippen LogP contribution in [0.2, 0.25) is 0 Å². The quantitative estimate of drug-likeness (QED) is 0.831. The maximum atomic E-state index is 12.6. The van der Waals surface area contributed by atoms with Gasteiger partial charge < -0.3 is 15.0 Å². The van der Waals surface area contributed by atoms with E-state index in [-0.39, 0.29) is 26.0 Å². The molecule has 1 aliphatic rings. The molecule has 1 heterocycles. The van der Waals surface area contributed by atoms with Crippen molar-refractivity contribution < 1.29 is 27.5 Å². The first kappa shape index (κ1) is 18.1. The van der Waals surface area contributed by atoms with Crippen LogP contribution in [-0.2, 0) is 9.59 Å². The van der Waals surface area contributed by atoms with Crippen molar-refractivity contribution in [2.24, 2.45) is 5.92 Å². The molecule has 0 spiro atoms. The minimum atomic E-state index is -4.49. The van der Waals surface area contributed by atoms with Gasteiger partial charge in [0.1, 0.15) is 24.3 Å². The molecule has 0 saturated carbocycles. The van der Waals surface area contributed by atoms with Crippen molar-refractivity contribution in [3.8, 4) is 5.75 Å². The highest BCUT2D eigenvalue weighted by Gasteiger charge is 2.46. The number of amides is 2. The van der Waals surface area contributed by atoms with E-state index in [4.69, 9.17) is 4.74 Å². The molecule has 1 fully saturated rings. The van der Waals surface area contributed by atoms with Crippen molar-refractivity contribution >= 4 is 11.8 Å². The van der Waals surface area contributed by atoms with Crippen LogP contribution in [-0.4, -0.2) is 49.1 Å². The number of piperidine rings is 1. The molecule has 24 heavy (non-hydrogen) atoms. The molecule has 1 saturated heterocycles. The van der Waals surface area contributed by atoms with Crippen LogP contribution in [0.4, 0.5) is 13.2 Å². The Balaban J connectivity index is 1.82. The van der Waals surface area contributed by atoms with Crippen LogP contribution in [0.25, 0.3) is 0 Å². The van der Waals surface area contributed by atoms with Crippen molar-refractivity contribution in [2.75, 3.05) is 20.2 Å². The van der Waals surface area contributed by atoms with Crippen LogP contribution in [0.3, 0.4) is 0 Å². The number of ether oxygens (including phenoxy) is 1. The number of hydrogen-bond acceptors (Lipinski definition) is 3. The number of rotatable bonds is 5. The van der Waals surface area contributed by atoms with Crippen molar-refractivity contribution in [2.45, 2.75) is 25.1 Å². The molecule has 8 heteroatoms. The van der Waals surface area contributed by atoms with E-state index < -0.39 is 30.0 Å². The lowest BCUT2D eigenvalue weighted by Crippen LogP contribution is -2.54. The zero-order chi connectivity index (χ0) is 17.7. The fraction of sp³-hybridized carbons (Fsp3) is 0.500. The van der Waals surface area contributed by atoms with Gasteiger partial charge in [0, 0.05) is 7.05 Å². The van der Waals surface area contributed by atoms with Crippen molar-refractivity contribution in [1.29, 1.82) is 0 Å². The Morgan fingerprint density at radius 3 is 2.54 bits per heavy atom. The number of alkyl halides is 3. The Kier molecular flexibility index (Phi) is 5.69. The molecule has 1 aliphatic heterocycles. The van der Waals surface area contributed by atoms with Crippen LogP contribution >= 0.6 is 0 Å². The van der Waals surface area contributed by atoms with Gasteiger partial charge in [0.05, 0.1) is 6.54 Å². The lowest BCUT2D eigenvalue weighted by Gasteiger charge is -2.31. The van der Waals surface area contributed by atoms with E-state index in [1.165, 1.54) is 11.9 Å². The van der Waals surface area contributed by atoms with Gasteiger partial charge in [0.15, 0.2) is 0 Å². The molecular weight excluding hydrogens is 325 g/mol. The maximum Gasteiger partial charge on any atom is 0.408 e. The van der Waals surface area contributed by atoms with E-state index in [0.29, 0.717) is 5.75 Å². The largest absolute Gasteiger partial charge is 0.492 e. The molecule has 2 amide bonds. The third-order valence-electron chi connectivity index (χ3n) is 3.89. The van der Waals surface area contributed by atoms with Gasteiger partial charge in [0.25, 0.3) is 0 Å². The molecular formula is C16H19F3N2O3. The molecule has 2 atom stereocenters. The average molecular weight is 344 g/mol. The third-order valence-corrected chi connectivity index (χ3v) is 3.89. The van der Waals surface area contributed by atoms with Gasteiger partial charge >= 0.3 is 6.18 Å². The van der Waals surface area contributed by atoms with Gasteiger partial charge in [0.2, 0.25) is 11.8 Å². The summed E-state index contributed by atoms with van der Waals surface area (Å²) in [5.41, 5.74) is 0. The fourth-order valence-electron chi connectivity index (χ4n) is 2.48. The SMILES string of the molecule is CN(CCOc1ccccc1)C(=O)[C@@H]1CC[C@@H](C(F)(F)F)NC1=O. The molecule has 1 N–H and O–H groups in total. The topological polar surface area (TPSA) is 58.6 Å². The summed E-state index contributed by atoms with van der Waals surface area (Å²) >= 11 is 0. The van der Waals surface area contributed by atoms with Gasteiger partial charge in [-0.05, 0) is 25.0 Å². The molecule has 0 aromatic heterocycles. The molecule has 2 rings (SSSR count). The normalized spacial score (nSPS) is 21.1. The van der Waals surface area contributed by atoms with E-state index in [9.17, 15) is 22.8 Å². The first-order chi connectivity index (χ1) is 11.3. The smallest absolute Gasteiger partial charge is 0.408 e. The number of carbonyl (C=O) groups is 2. The minimum absolute atomic E-state index is 0.112. The second kappa shape index (κ2) is 7.55.